The Labute approximate surface area is 115 Å². The number of benzene rings is 1. The molecule has 0 amide bonds. The zero-order valence-electron chi connectivity index (χ0n) is 9.14. The molecule has 1 aromatic rings. The third kappa shape index (κ3) is 3.02. The van der Waals surface area contributed by atoms with E-state index in [1.54, 1.807) is 22.5 Å². The SMILES string of the molecule is O=S(=O)(c1cccc(Cl)c1)N(CCBr)C1CC1. The van der Waals surface area contributed by atoms with E-state index < -0.39 is 10.0 Å². The summed E-state index contributed by atoms with van der Waals surface area (Å²) in [7, 11) is -3.40. The Bertz CT molecular complexity index is 502. The maximum atomic E-state index is 12.4. The van der Waals surface area contributed by atoms with Gasteiger partial charge >= 0.3 is 0 Å². The lowest BCUT2D eigenvalue weighted by Gasteiger charge is -2.20. The summed E-state index contributed by atoms with van der Waals surface area (Å²) in [5.41, 5.74) is 0. The van der Waals surface area contributed by atoms with Gasteiger partial charge in [-0.05, 0) is 31.0 Å². The molecule has 94 valence electrons. The Morgan fingerprint density at radius 1 is 1.41 bits per heavy atom. The molecule has 0 bridgehead atoms. The number of halogens is 2. The highest BCUT2D eigenvalue weighted by molar-refractivity contribution is 9.09. The maximum Gasteiger partial charge on any atom is 0.243 e. The molecule has 0 saturated heterocycles. The summed E-state index contributed by atoms with van der Waals surface area (Å²) < 4.78 is 26.4. The van der Waals surface area contributed by atoms with Crippen LogP contribution in [0.4, 0.5) is 0 Å². The minimum atomic E-state index is -3.40. The van der Waals surface area contributed by atoms with Crippen molar-refractivity contribution < 1.29 is 8.42 Å². The Hall–Kier alpha value is -0.100. The van der Waals surface area contributed by atoms with E-state index in [1.807, 2.05) is 0 Å². The number of hydrogen-bond acceptors (Lipinski definition) is 2. The minimum Gasteiger partial charge on any atom is -0.207 e. The van der Waals surface area contributed by atoms with Crippen LogP contribution in [0.25, 0.3) is 0 Å². The number of rotatable bonds is 5. The predicted octanol–water partition coefficient (Wildman–Crippen LogP) is 2.89. The molecule has 1 aliphatic carbocycles. The molecular weight excluding hydrogens is 326 g/mol. The van der Waals surface area contributed by atoms with Crippen LogP contribution in [0.15, 0.2) is 29.2 Å². The molecule has 6 heteroatoms. The van der Waals surface area contributed by atoms with Gasteiger partial charge in [-0.3, -0.25) is 0 Å². The van der Waals surface area contributed by atoms with Gasteiger partial charge in [-0.25, -0.2) is 8.42 Å². The van der Waals surface area contributed by atoms with Crippen molar-refractivity contribution in [2.45, 2.75) is 23.8 Å². The molecular formula is C11H13BrClNO2S. The van der Waals surface area contributed by atoms with Crippen molar-refractivity contribution in [3.05, 3.63) is 29.3 Å². The van der Waals surface area contributed by atoms with Crippen molar-refractivity contribution >= 4 is 37.6 Å². The third-order valence-electron chi connectivity index (χ3n) is 2.66. The molecule has 0 unspecified atom stereocenters. The second-order valence-electron chi connectivity index (χ2n) is 3.99. The summed E-state index contributed by atoms with van der Waals surface area (Å²) >= 11 is 9.13. The van der Waals surface area contributed by atoms with Gasteiger partial charge in [-0.2, -0.15) is 4.31 Å². The van der Waals surface area contributed by atoms with Crippen LogP contribution < -0.4 is 0 Å². The van der Waals surface area contributed by atoms with Crippen LogP contribution in [0, 0.1) is 0 Å². The van der Waals surface area contributed by atoms with Gasteiger partial charge in [0, 0.05) is 22.9 Å². The average Bonchev–Trinajstić information content (AvgIpc) is 3.09. The number of sulfonamides is 1. The second-order valence-corrected chi connectivity index (χ2v) is 7.11. The summed E-state index contributed by atoms with van der Waals surface area (Å²) in [5.74, 6) is 0. The molecule has 3 nitrogen and oxygen atoms in total. The fourth-order valence-corrected chi connectivity index (χ4v) is 4.31. The van der Waals surface area contributed by atoms with Gasteiger partial charge in [0.15, 0.2) is 0 Å². The summed E-state index contributed by atoms with van der Waals surface area (Å²) in [6.07, 6.45) is 1.90. The van der Waals surface area contributed by atoms with Gasteiger partial charge < -0.3 is 0 Å². The van der Waals surface area contributed by atoms with E-state index in [1.165, 1.54) is 6.07 Å². The van der Waals surface area contributed by atoms with Gasteiger partial charge in [-0.15, -0.1) is 0 Å². The lowest BCUT2D eigenvalue weighted by molar-refractivity contribution is 0.424. The first-order chi connectivity index (χ1) is 8.05. The van der Waals surface area contributed by atoms with E-state index >= 15 is 0 Å². The van der Waals surface area contributed by atoms with Crippen LogP contribution in [0.3, 0.4) is 0 Å². The highest BCUT2D eigenvalue weighted by Gasteiger charge is 2.37. The van der Waals surface area contributed by atoms with Gasteiger partial charge in [0.25, 0.3) is 0 Å². The molecule has 0 aliphatic heterocycles. The minimum absolute atomic E-state index is 0.163. The summed E-state index contributed by atoms with van der Waals surface area (Å²) in [5, 5.41) is 1.09. The van der Waals surface area contributed by atoms with E-state index in [0.717, 1.165) is 12.8 Å². The van der Waals surface area contributed by atoms with Crippen LogP contribution in [-0.2, 0) is 10.0 Å². The van der Waals surface area contributed by atoms with Crippen molar-refractivity contribution in [3.63, 3.8) is 0 Å². The van der Waals surface area contributed by atoms with Crippen molar-refractivity contribution in [3.8, 4) is 0 Å². The van der Waals surface area contributed by atoms with Crippen LogP contribution in [0.5, 0.6) is 0 Å². The molecule has 1 aliphatic rings. The van der Waals surface area contributed by atoms with Gasteiger partial charge in [0.1, 0.15) is 0 Å². The lowest BCUT2D eigenvalue weighted by Crippen LogP contribution is -2.34. The molecule has 0 spiro atoms. The molecule has 0 radical (unpaired) electrons. The molecule has 0 heterocycles. The Morgan fingerprint density at radius 3 is 2.65 bits per heavy atom. The van der Waals surface area contributed by atoms with Crippen LogP contribution in [0.1, 0.15) is 12.8 Å². The van der Waals surface area contributed by atoms with Crippen molar-refractivity contribution in [1.29, 1.82) is 0 Å². The van der Waals surface area contributed by atoms with Crippen molar-refractivity contribution in [2.75, 3.05) is 11.9 Å². The predicted molar refractivity (Wildman–Crippen MR) is 72.2 cm³/mol. The molecule has 0 atom stereocenters. The van der Waals surface area contributed by atoms with Crippen LogP contribution >= 0.6 is 27.5 Å². The monoisotopic (exact) mass is 337 g/mol. The number of hydrogen-bond donors (Lipinski definition) is 0. The normalized spacial score (nSPS) is 16.4. The lowest BCUT2D eigenvalue weighted by atomic mass is 10.4. The molecule has 1 aromatic carbocycles. The summed E-state index contributed by atoms with van der Waals surface area (Å²) in [6, 6.07) is 6.59. The quantitative estimate of drug-likeness (QED) is 0.774. The fourth-order valence-electron chi connectivity index (χ4n) is 1.71. The zero-order chi connectivity index (χ0) is 12.5. The molecule has 2 rings (SSSR count). The van der Waals surface area contributed by atoms with E-state index in [4.69, 9.17) is 11.6 Å². The first-order valence-electron chi connectivity index (χ1n) is 5.39. The van der Waals surface area contributed by atoms with Crippen LogP contribution in [-0.4, -0.2) is 30.6 Å². The van der Waals surface area contributed by atoms with E-state index in [2.05, 4.69) is 15.9 Å². The highest BCUT2D eigenvalue weighted by atomic mass is 79.9. The first-order valence-corrected chi connectivity index (χ1v) is 8.33. The molecule has 0 aromatic heterocycles. The van der Waals surface area contributed by atoms with E-state index in [-0.39, 0.29) is 10.9 Å². The van der Waals surface area contributed by atoms with E-state index in [9.17, 15) is 8.42 Å². The number of nitrogens with zero attached hydrogens (tertiary/aromatic N) is 1. The Morgan fingerprint density at radius 2 is 2.12 bits per heavy atom. The molecule has 0 N–H and O–H groups in total. The van der Waals surface area contributed by atoms with Gasteiger partial charge in [0.2, 0.25) is 10.0 Å². The van der Waals surface area contributed by atoms with Gasteiger partial charge in [0.05, 0.1) is 4.90 Å². The Balaban J connectivity index is 2.33. The maximum absolute atomic E-state index is 12.4. The summed E-state index contributed by atoms with van der Waals surface area (Å²) in [6.45, 7) is 0.500. The smallest absolute Gasteiger partial charge is 0.207 e. The van der Waals surface area contributed by atoms with Crippen molar-refractivity contribution in [2.24, 2.45) is 0 Å². The van der Waals surface area contributed by atoms with Gasteiger partial charge in [-0.1, -0.05) is 33.6 Å². The highest BCUT2D eigenvalue weighted by Crippen LogP contribution is 2.32. The largest absolute Gasteiger partial charge is 0.243 e. The van der Waals surface area contributed by atoms with E-state index in [0.29, 0.717) is 16.9 Å². The third-order valence-corrected chi connectivity index (χ3v) is 5.20. The zero-order valence-corrected chi connectivity index (χ0v) is 12.3. The Kier molecular flexibility index (Phi) is 4.13. The fraction of sp³-hybridized carbons (Fsp3) is 0.455. The summed E-state index contributed by atoms with van der Waals surface area (Å²) in [4.78, 5) is 0.276. The first kappa shape index (κ1) is 13.3. The average molecular weight is 339 g/mol. The van der Waals surface area contributed by atoms with Crippen LogP contribution in [0.2, 0.25) is 5.02 Å². The van der Waals surface area contributed by atoms with Crippen molar-refractivity contribution in [1.82, 2.24) is 4.31 Å². The molecule has 1 saturated carbocycles. The topological polar surface area (TPSA) is 37.4 Å². The molecule has 1 fully saturated rings. The standard InChI is InChI=1S/C11H13BrClNO2S/c12-6-7-14(10-4-5-10)17(15,16)11-3-1-2-9(13)8-11/h1-3,8,10H,4-7H2. The molecule has 17 heavy (non-hydrogen) atoms. The number of alkyl halides is 1. The second kappa shape index (κ2) is 5.26.